The Labute approximate surface area is 298 Å². The molecule has 0 aromatic carbocycles. The van der Waals surface area contributed by atoms with Gasteiger partial charge in [-0.15, -0.1) is 0 Å². The number of carbonyl (C=O) groups excluding carboxylic acids is 1. The highest BCUT2D eigenvalue weighted by atomic mass is 16.5. The van der Waals surface area contributed by atoms with Gasteiger partial charge in [-0.2, -0.15) is 0 Å². The summed E-state index contributed by atoms with van der Waals surface area (Å²) in [6, 6.07) is 0. The summed E-state index contributed by atoms with van der Waals surface area (Å²) in [5, 5.41) is 8.75. The summed E-state index contributed by atoms with van der Waals surface area (Å²) in [5.74, 6) is -0.709. The molecule has 0 aliphatic rings. The van der Waals surface area contributed by atoms with E-state index in [4.69, 9.17) is 9.84 Å². The van der Waals surface area contributed by atoms with E-state index in [1.807, 2.05) is 0 Å². The zero-order valence-electron chi connectivity index (χ0n) is 31.8. The number of hydrogen-bond donors (Lipinski definition) is 1. The predicted molar refractivity (Wildman–Crippen MR) is 209 cm³/mol. The highest BCUT2D eigenvalue weighted by Crippen LogP contribution is 2.19. The molecule has 0 amide bonds. The van der Waals surface area contributed by atoms with Crippen LogP contribution in [0.2, 0.25) is 0 Å². The minimum atomic E-state index is -0.686. The van der Waals surface area contributed by atoms with Gasteiger partial charge in [0.2, 0.25) is 0 Å². The Kier molecular flexibility index (Phi) is 37.6. The van der Waals surface area contributed by atoms with Crippen LogP contribution in [0.3, 0.4) is 0 Å². The number of aliphatic carboxylic acids is 1. The summed E-state index contributed by atoms with van der Waals surface area (Å²) in [6.45, 7) is 4.52. The molecule has 0 aromatic heterocycles. The van der Waals surface area contributed by atoms with Crippen molar-refractivity contribution in [1.82, 2.24) is 0 Å². The lowest BCUT2D eigenvalue weighted by atomic mass is 10.0. The molecular weight excluding hydrogens is 592 g/mol. The quantitative estimate of drug-likeness (QED) is 0.0406. The second-order valence-electron chi connectivity index (χ2n) is 13.8. The first-order chi connectivity index (χ1) is 23.6. The van der Waals surface area contributed by atoms with Crippen LogP contribution < -0.4 is 0 Å². The SMILES string of the molecule is CCCCC/C=C\C/C=C\C/C=C\C/C=C\CCCC(=O)OC(CCCCCCCCCCCC)CCCCCCCCCCC(=O)O. The second-order valence-corrected chi connectivity index (χ2v) is 13.8. The molecule has 0 aliphatic heterocycles. The number of esters is 1. The third-order valence-electron chi connectivity index (χ3n) is 9.05. The average molecular weight is 671 g/mol. The molecule has 0 aromatic rings. The number of unbranched alkanes of at least 4 members (excludes halogenated alkanes) is 20. The Morgan fingerprint density at radius 3 is 1.29 bits per heavy atom. The van der Waals surface area contributed by atoms with Gasteiger partial charge in [0, 0.05) is 12.8 Å². The van der Waals surface area contributed by atoms with Gasteiger partial charge in [-0.1, -0.05) is 172 Å². The molecule has 4 nitrogen and oxygen atoms in total. The zero-order valence-corrected chi connectivity index (χ0v) is 31.8. The van der Waals surface area contributed by atoms with Gasteiger partial charge in [-0.3, -0.25) is 9.59 Å². The van der Waals surface area contributed by atoms with E-state index in [1.165, 1.54) is 109 Å². The van der Waals surface area contributed by atoms with E-state index in [9.17, 15) is 9.59 Å². The van der Waals surface area contributed by atoms with E-state index >= 15 is 0 Å². The summed E-state index contributed by atoms with van der Waals surface area (Å²) >= 11 is 0. The van der Waals surface area contributed by atoms with Crippen LogP contribution in [0.4, 0.5) is 0 Å². The molecule has 0 spiro atoms. The standard InChI is InChI=1S/C44H78O4/c1-3-5-7-9-11-13-15-16-17-18-19-20-21-23-29-33-37-41-44(47)48-42(38-34-30-26-22-14-12-10-8-6-4-2)39-35-31-27-24-25-28-32-36-40-43(45)46/h11,13,16-17,19-20,23,29,42H,3-10,12,14-15,18,21-22,24-28,30-41H2,1-2H3,(H,45,46)/b13-11-,17-16-,20-19-,29-23-. The molecule has 278 valence electrons. The third kappa shape index (κ3) is 38.3. The molecule has 48 heavy (non-hydrogen) atoms. The van der Waals surface area contributed by atoms with Crippen molar-refractivity contribution in [1.29, 1.82) is 0 Å². The third-order valence-corrected chi connectivity index (χ3v) is 9.05. The van der Waals surface area contributed by atoms with E-state index in [2.05, 4.69) is 62.5 Å². The normalized spacial score (nSPS) is 12.7. The Balaban J connectivity index is 4.18. The van der Waals surface area contributed by atoms with Crippen LogP contribution >= 0.6 is 0 Å². The molecule has 1 N–H and O–H groups in total. The summed E-state index contributed by atoms with van der Waals surface area (Å²) in [5.41, 5.74) is 0. The molecule has 4 heteroatoms. The molecule has 1 atom stereocenters. The minimum absolute atomic E-state index is 0.0238. The van der Waals surface area contributed by atoms with Crippen molar-refractivity contribution in [2.24, 2.45) is 0 Å². The molecule has 0 saturated carbocycles. The van der Waals surface area contributed by atoms with Gasteiger partial charge in [0.1, 0.15) is 6.10 Å². The Bertz CT molecular complexity index is 809. The fourth-order valence-corrected chi connectivity index (χ4v) is 6.00. The number of allylic oxidation sites excluding steroid dienone is 8. The molecule has 0 radical (unpaired) electrons. The van der Waals surface area contributed by atoms with Crippen LogP contribution in [0.15, 0.2) is 48.6 Å². The number of hydrogen-bond acceptors (Lipinski definition) is 3. The topological polar surface area (TPSA) is 63.6 Å². The van der Waals surface area contributed by atoms with Gasteiger partial charge in [0.15, 0.2) is 0 Å². The Hall–Kier alpha value is -2.10. The molecule has 0 rings (SSSR count). The first-order valence-electron chi connectivity index (χ1n) is 20.6. The average Bonchev–Trinajstić information content (AvgIpc) is 3.07. The van der Waals surface area contributed by atoms with E-state index in [-0.39, 0.29) is 12.1 Å². The minimum Gasteiger partial charge on any atom is -0.481 e. The van der Waals surface area contributed by atoms with Crippen LogP contribution in [-0.2, 0) is 14.3 Å². The molecule has 0 saturated heterocycles. The molecule has 0 aliphatic carbocycles. The Morgan fingerprint density at radius 1 is 0.458 bits per heavy atom. The zero-order chi connectivity index (χ0) is 35.0. The maximum Gasteiger partial charge on any atom is 0.306 e. The summed E-state index contributed by atoms with van der Waals surface area (Å²) in [6.07, 6.45) is 52.8. The van der Waals surface area contributed by atoms with Gasteiger partial charge < -0.3 is 9.84 Å². The van der Waals surface area contributed by atoms with Crippen LogP contribution in [-0.4, -0.2) is 23.1 Å². The maximum absolute atomic E-state index is 12.7. The number of rotatable bonds is 37. The highest BCUT2D eigenvalue weighted by Gasteiger charge is 2.14. The van der Waals surface area contributed by atoms with Gasteiger partial charge in [0.25, 0.3) is 0 Å². The van der Waals surface area contributed by atoms with E-state index in [1.54, 1.807) is 0 Å². The van der Waals surface area contributed by atoms with Crippen LogP contribution in [0.1, 0.15) is 213 Å². The number of ether oxygens (including phenoxy) is 1. The van der Waals surface area contributed by atoms with Crippen LogP contribution in [0, 0.1) is 0 Å². The summed E-state index contributed by atoms with van der Waals surface area (Å²) in [4.78, 5) is 23.3. The van der Waals surface area contributed by atoms with Crippen molar-refractivity contribution in [3.63, 3.8) is 0 Å². The molecule has 0 bridgehead atoms. The fourth-order valence-electron chi connectivity index (χ4n) is 6.00. The lowest BCUT2D eigenvalue weighted by Crippen LogP contribution is -2.18. The number of carboxylic acid groups (broad SMARTS) is 1. The van der Waals surface area contributed by atoms with Crippen molar-refractivity contribution in [3.8, 4) is 0 Å². The van der Waals surface area contributed by atoms with Gasteiger partial charge in [-0.05, 0) is 77.0 Å². The van der Waals surface area contributed by atoms with Crippen molar-refractivity contribution >= 4 is 11.9 Å². The first kappa shape index (κ1) is 45.9. The van der Waals surface area contributed by atoms with Gasteiger partial charge >= 0.3 is 11.9 Å². The molecule has 1 unspecified atom stereocenters. The van der Waals surface area contributed by atoms with E-state index in [0.29, 0.717) is 12.8 Å². The first-order valence-corrected chi connectivity index (χ1v) is 20.6. The monoisotopic (exact) mass is 671 g/mol. The smallest absolute Gasteiger partial charge is 0.306 e. The molecule has 0 fully saturated rings. The lowest BCUT2D eigenvalue weighted by Gasteiger charge is -2.18. The van der Waals surface area contributed by atoms with Crippen molar-refractivity contribution < 1.29 is 19.4 Å². The number of carboxylic acids is 1. The largest absolute Gasteiger partial charge is 0.481 e. The fraction of sp³-hybridized carbons (Fsp3) is 0.773. The lowest BCUT2D eigenvalue weighted by molar-refractivity contribution is -0.150. The van der Waals surface area contributed by atoms with E-state index in [0.717, 1.165) is 77.0 Å². The van der Waals surface area contributed by atoms with Gasteiger partial charge in [-0.25, -0.2) is 0 Å². The van der Waals surface area contributed by atoms with Crippen molar-refractivity contribution in [2.45, 2.75) is 219 Å². The highest BCUT2D eigenvalue weighted by molar-refractivity contribution is 5.69. The van der Waals surface area contributed by atoms with Crippen LogP contribution in [0.25, 0.3) is 0 Å². The summed E-state index contributed by atoms with van der Waals surface area (Å²) < 4.78 is 6.02. The predicted octanol–water partition coefficient (Wildman–Crippen LogP) is 14.3. The maximum atomic E-state index is 12.7. The van der Waals surface area contributed by atoms with Crippen molar-refractivity contribution in [2.75, 3.05) is 0 Å². The Morgan fingerprint density at radius 2 is 0.833 bits per heavy atom. The van der Waals surface area contributed by atoms with Crippen LogP contribution in [0.5, 0.6) is 0 Å². The van der Waals surface area contributed by atoms with Crippen molar-refractivity contribution in [3.05, 3.63) is 48.6 Å². The van der Waals surface area contributed by atoms with Gasteiger partial charge in [0.05, 0.1) is 0 Å². The second kappa shape index (κ2) is 39.3. The molecular formula is C44H78O4. The molecule has 0 heterocycles. The van der Waals surface area contributed by atoms with E-state index < -0.39 is 5.97 Å². The number of carbonyl (C=O) groups is 2. The summed E-state index contributed by atoms with van der Waals surface area (Å²) in [7, 11) is 0.